The number of hydrogen-bond donors (Lipinski definition) is 1. The number of nitrogens with zero attached hydrogens (tertiary/aromatic N) is 2. The molecule has 0 radical (unpaired) electrons. The molecule has 20 heavy (non-hydrogen) atoms. The molecule has 100 valence electrons. The van der Waals surface area contributed by atoms with E-state index in [1.165, 1.54) is 29.5 Å². The Morgan fingerprint density at radius 2 is 2.05 bits per heavy atom. The van der Waals surface area contributed by atoms with E-state index >= 15 is 0 Å². The molecule has 0 saturated heterocycles. The van der Waals surface area contributed by atoms with Gasteiger partial charge in [-0.25, -0.2) is 4.52 Å². The summed E-state index contributed by atoms with van der Waals surface area (Å²) in [5, 5.41) is 4.41. The molecule has 3 nitrogen and oxygen atoms in total. The molecule has 0 atom stereocenters. The van der Waals surface area contributed by atoms with E-state index in [0.29, 0.717) is 0 Å². The predicted octanol–water partition coefficient (Wildman–Crippen LogP) is 3.38. The summed E-state index contributed by atoms with van der Waals surface area (Å²) in [7, 11) is 0. The number of aryl methyl sites for hydroxylation is 2. The van der Waals surface area contributed by atoms with Crippen LogP contribution in [-0.2, 0) is 12.8 Å². The second-order valence-electron chi connectivity index (χ2n) is 5.59. The van der Waals surface area contributed by atoms with Crippen LogP contribution in [0.2, 0.25) is 0 Å². The predicted molar refractivity (Wildman–Crippen MR) is 81.8 cm³/mol. The van der Waals surface area contributed by atoms with Gasteiger partial charge in [-0.05, 0) is 61.1 Å². The van der Waals surface area contributed by atoms with Crippen LogP contribution in [0.1, 0.15) is 23.2 Å². The number of anilines is 1. The van der Waals surface area contributed by atoms with E-state index in [9.17, 15) is 0 Å². The van der Waals surface area contributed by atoms with E-state index in [-0.39, 0.29) is 0 Å². The van der Waals surface area contributed by atoms with Crippen LogP contribution in [0.3, 0.4) is 0 Å². The van der Waals surface area contributed by atoms with E-state index in [4.69, 9.17) is 5.73 Å². The number of nitrogens with two attached hydrogens (primary N) is 1. The zero-order valence-corrected chi connectivity index (χ0v) is 11.6. The van der Waals surface area contributed by atoms with Crippen LogP contribution in [0.5, 0.6) is 0 Å². The average molecular weight is 263 g/mol. The van der Waals surface area contributed by atoms with Gasteiger partial charge < -0.3 is 5.73 Å². The minimum atomic E-state index is 0.959. The standard InChI is InChI=1S/C17H17N3/c1-11-9-14-10-13(7-8-20(14)19-11)16-6-5-12-3-2-4-15(12)17(16)18/h5-10H,2-4,18H2,1H3. The van der Waals surface area contributed by atoms with E-state index < -0.39 is 0 Å². The van der Waals surface area contributed by atoms with E-state index in [0.717, 1.165) is 28.9 Å². The van der Waals surface area contributed by atoms with Crippen molar-refractivity contribution in [2.24, 2.45) is 0 Å². The number of rotatable bonds is 1. The van der Waals surface area contributed by atoms with Gasteiger partial charge in [0, 0.05) is 17.4 Å². The van der Waals surface area contributed by atoms with Crippen molar-refractivity contribution >= 4 is 11.2 Å². The Bertz CT molecular complexity index is 814. The first-order valence-corrected chi connectivity index (χ1v) is 7.09. The Morgan fingerprint density at radius 1 is 1.15 bits per heavy atom. The van der Waals surface area contributed by atoms with Gasteiger partial charge in [0.15, 0.2) is 0 Å². The third-order valence-corrected chi connectivity index (χ3v) is 4.22. The third kappa shape index (κ3) is 1.63. The molecule has 2 aromatic heterocycles. The summed E-state index contributed by atoms with van der Waals surface area (Å²) in [5.74, 6) is 0. The van der Waals surface area contributed by atoms with Crippen LogP contribution < -0.4 is 5.73 Å². The van der Waals surface area contributed by atoms with Crippen molar-refractivity contribution in [3.63, 3.8) is 0 Å². The zero-order chi connectivity index (χ0) is 13.7. The van der Waals surface area contributed by atoms with Crippen molar-refractivity contribution in [2.45, 2.75) is 26.2 Å². The first-order valence-electron chi connectivity index (χ1n) is 7.09. The first-order chi connectivity index (χ1) is 9.72. The summed E-state index contributed by atoms with van der Waals surface area (Å²) in [6.45, 7) is 2.01. The SMILES string of the molecule is Cc1cc2cc(-c3ccc4c(c3N)CCC4)ccn2n1. The van der Waals surface area contributed by atoms with Crippen molar-refractivity contribution in [3.05, 3.63) is 53.3 Å². The molecule has 0 saturated carbocycles. The van der Waals surface area contributed by atoms with E-state index in [1.807, 2.05) is 17.6 Å². The van der Waals surface area contributed by atoms with Crippen LogP contribution in [0.4, 0.5) is 5.69 Å². The van der Waals surface area contributed by atoms with Crippen molar-refractivity contribution < 1.29 is 0 Å². The van der Waals surface area contributed by atoms with E-state index in [1.54, 1.807) is 0 Å². The summed E-state index contributed by atoms with van der Waals surface area (Å²) in [5.41, 5.74) is 14.6. The van der Waals surface area contributed by atoms with Crippen LogP contribution in [-0.4, -0.2) is 9.61 Å². The molecule has 0 fully saturated rings. The second kappa shape index (κ2) is 4.10. The molecule has 0 bridgehead atoms. The number of nitrogen functional groups attached to an aromatic ring is 1. The average Bonchev–Trinajstić information content (AvgIpc) is 3.03. The summed E-state index contributed by atoms with van der Waals surface area (Å²) in [4.78, 5) is 0. The quantitative estimate of drug-likeness (QED) is 0.684. The van der Waals surface area contributed by atoms with Crippen molar-refractivity contribution in [1.29, 1.82) is 0 Å². The fraction of sp³-hybridized carbons (Fsp3) is 0.235. The highest BCUT2D eigenvalue weighted by Gasteiger charge is 2.16. The van der Waals surface area contributed by atoms with Crippen molar-refractivity contribution in [3.8, 4) is 11.1 Å². The molecule has 2 N–H and O–H groups in total. The zero-order valence-electron chi connectivity index (χ0n) is 11.6. The maximum Gasteiger partial charge on any atom is 0.0670 e. The van der Waals surface area contributed by atoms with Gasteiger partial charge in [-0.1, -0.05) is 12.1 Å². The maximum atomic E-state index is 6.39. The van der Waals surface area contributed by atoms with Gasteiger partial charge in [-0.2, -0.15) is 5.10 Å². The minimum Gasteiger partial charge on any atom is -0.398 e. The summed E-state index contributed by atoms with van der Waals surface area (Å²) < 4.78 is 1.91. The molecule has 1 aromatic carbocycles. The second-order valence-corrected chi connectivity index (χ2v) is 5.59. The number of aromatic nitrogens is 2. The van der Waals surface area contributed by atoms with Gasteiger partial charge >= 0.3 is 0 Å². The van der Waals surface area contributed by atoms with Crippen LogP contribution in [0.25, 0.3) is 16.6 Å². The molecule has 1 aliphatic rings. The summed E-state index contributed by atoms with van der Waals surface area (Å²) in [6, 6.07) is 10.7. The monoisotopic (exact) mass is 263 g/mol. The number of hydrogen-bond acceptors (Lipinski definition) is 2. The lowest BCUT2D eigenvalue weighted by molar-refractivity contribution is 0.912. The fourth-order valence-corrected chi connectivity index (χ4v) is 3.24. The third-order valence-electron chi connectivity index (χ3n) is 4.22. The van der Waals surface area contributed by atoms with Crippen molar-refractivity contribution in [1.82, 2.24) is 9.61 Å². The van der Waals surface area contributed by atoms with Gasteiger partial charge in [0.2, 0.25) is 0 Å². The Hall–Kier alpha value is -2.29. The maximum absolute atomic E-state index is 6.39. The molecule has 4 rings (SSSR count). The summed E-state index contributed by atoms with van der Waals surface area (Å²) >= 11 is 0. The number of pyridine rings is 1. The number of benzene rings is 1. The molecule has 3 aromatic rings. The Morgan fingerprint density at radius 3 is 2.95 bits per heavy atom. The summed E-state index contributed by atoms with van der Waals surface area (Å²) in [6.07, 6.45) is 5.51. The van der Waals surface area contributed by atoms with Gasteiger partial charge in [0.25, 0.3) is 0 Å². The number of fused-ring (bicyclic) bond motifs is 2. The molecular formula is C17H17N3. The lowest BCUT2D eigenvalue weighted by Crippen LogP contribution is -1.97. The Labute approximate surface area is 118 Å². The molecule has 2 heterocycles. The van der Waals surface area contributed by atoms with Gasteiger partial charge in [-0.15, -0.1) is 0 Å². The molecular weight excluding hydrogens is 246 g/mol. The van der Waals surface area contributed by atoms with Crippen LogP contribution in [0.15, 0.2) is 36.5 Å². The highest BCUT2D eigenvalue weighted by molar-refractivity contribution is 5.81. The highest BCUT2D eigenvalue weighted by Crippen LogP contribution is 2.35. The topological polar surface area (TPSA) is 43.3 Å². The van der Waals surface area contributed by atoms with Gasteiger partial charge in [0.05, 0.1) is 11.2 Å². The fourth-order valence-electron chi connectivity index (χ4n) is 3.24. The Balaban J connectivity index is 1.90. The van der Waals surface area contributed by atoms with Gasteiger partial charge in [-0.3, -0.25) is 0 Å². The molecule has 0 aliphatic heterocycles. The lowest BCUT2D eigenvalue weighted by atomic mass is 9.98. The molecule has 0 spiro atoms. The van der Waals surface area contributed by atoms with Crippen LogP contribution in [0, 0.1) is 6.92 Å². The largest absolute Gasteiger partial charge is 0.398 e. The van der Waals surface area contributed by atoms with Crippen LogP contribution >= 0.6 is 0 Å². The Kier molecular flexibility index (Phi) is 2.36. The van der Waals surface area contributed by atoms with Crippen molar-refractivity contribution in [2.75, 3.05) is 5.73 Å². The molecule has 0 unspecified atom stereocenters. The lowest BCUT2D eigenvalue weighted by Gasteiger charge is -2.11. The molecule has 3 heteroatoms. The molecule has 0 amide bonds. The first kappa shape index (κ1) is 11.5. The smallest absolute Gasteiger partial charge is 0.0670 e. The minimum absolute atomic E-state index is 0.959. The van der Waals surface area contributed by atoms with E-state index in [2.05, 4.69) is 35.4 Å². The molecule has 1 aliphatic carbocycles. The highest BCUT2D eigenvalue weighted by atomic mass is 15.2. The van der Waals surface area contributed by atoms with Gasteiger partial charge in [0.1, 0.15) is 0 Å². The normalized spacial score (nSPS) is 13.8.